The zero-order chi connectivity index (χ0) is 16.2. The van der Waals surface area contributed by atoms with E-state index in [2.05, 4.69) is 4.74 Å². The molecule has 1 heterocycles. The largest absolute Gasteiger partial charge is 0.508 e. The Bertz CT molecular complexity index is 417. The molecule has 21 heavy (non-hydrogen) atoms. The summed E-state index contributed by atoms with van der Waals surface area (Å²) in [6.45, 7) is 7.02. The number of rotatable bonds is 3. The number of carbonyl (C=O) groups is 3. The molecule has 0 aromatic carbocycles. The van der Waals surface area contributed by atoms with Crippen molar-refractivity contribution >= 4 is 18.2 Å². The second kappa shape index (κ2) is 6.64. The molecule has 1 saturated heterocycles. The molecule has 120 valence electrons. The van der Waals surface area contributed by atoms with Gasteiger partial charge in [-0.1, -0.05) is 0 Å². The Hall–Kier alpha value is -1.99. The maximum absolute atomic E-state index is 12.1. The summed E-state index contributed by atoms with van der Waals surface area (Å²) in [6.07, 6.45) is -2.01. The molecule has 2 atom stereocenters. The number of hydrogen-bond donors (Lipinski definition) is 1. The van der Waals surface area contributed by atoms with E-state index in [1.54, 1.807) is 27.7 Å². The summed E-state index contributed by atoms with van der Waals surface area (Å²) < 4.78 is 14.9. The van der Waals surface area contributed by atoms with E-state index in [1.165, 1.54) is 4.90 Å². The normalized spacial score (nSPS) is 21.8. The fourth-order valence-electron chi connectivity index (χ4n) is 1.96. The minimum absolute atomic E-state index is 0.0430. The van der Waals surface area contributed by atoms with Gasteiger partial charge in [0.2, 0.25) is 5.91 Å². The Kier molecular flexibility index (Phi) is 5.40. The molecular formula is C13H22N2O6. The van der Waals surface area contributed by atoms with Crippen molar-refractivity contribution in [1.29, 1.82) is 0 Å². The first-order chi connectivity index (χ1) is 9.64. The predicted molar refractivity (Wildman–Crippen MR) is 72.4 cm³/mol. The van der Waals surface area contributed by atoms with Gasteiger partial charge < -0.3 is 19.9 Å². The summed E-state index contributed by atoms with van der Waals surface area (Å²) in [5, 5.41) is 0. The van der Waals surface area contributed by atoms with Crippen molar-refractivity contribution in [3.8, 4) is 0 Å². The van der Waals surface area contributed by atoms with Crippen LogP contribution in [0.15, 0.2) is 0 Å². The molecule has 1 aliphatic heterocycles. The maximum atomic E-state index is 12.1. The van der Waals surface area contributed by atoms with Crippen molar-refractivity contribution in [3.05, 3.63) is 0 Å². The van der Waals surface area contributed by atoms with E-state index in [1.807, 2.05) is 0 Å². The predicted octanol–water partition coefficient (Wildman–Crippen LogP) is 1.02. The summed E-state index contributed by atoms with van der Waals surface area (Å²) >= 11 is 0. The molecule has 0 spiro atoms. The van der Waals surface area contributed by atoms with Gasteiger partial charge in [0.25, 0.3) is 0 Å². The van der Waals surface area contributed by atoms with Gasteiger partial charge in [-0.3, -0.25) is 9.69 Å². The molecule has 0 bridgehead atoms. The molecule has 0 aromatic rings. The summed E-state index contributed by atoms with van der Waals surface area (Å²) in [5.41, 5.74) is 4.59. The molecule has 0 aliphatic carbocycles. The number of nitrogens with zero attached hydrogens (tertiary/aromatic N) is 1. The highest BCUT2D eigenvalue weighted by Crippen LogP contribution is 2.23. The molecule has 1 aliphatic rings. The van der Waals surface area contributed by atoms with E-state index in [-0.39, 0.29) is 19.6 Å². The van der Waals surface area contributed by atoms with Crippen LogP contribution in [0.3, 0.4) is 0 Å². The SMILES string of the molecule is CCOC(=O)O[C@@H]1C[C@@H](C(N)=O)N(C(=O)OC(C)(C)C)C1. The molecule has 8 nitrogen and oxygen atoms in total. The van der Waals surface area contributed by atoms with Crippen LogP contribution in [0.25, 0.3) is 0 Å². The van der Waals surface area contributed by atoms with Crippen LogP contribution in [0.5, 0.6) is 0 Å². The van der Waals surface area contributed by atoms with Crippen LogP contribution in [-0.4, -0.2) is 54.0 Å². The van der Waals surface area contributed by atoms with Crippen molar-refractivity contribution in [3.63, 3.8) is 0 Å². The molecule has 1 rings (SSSR count). The van der Waals surface area contributed by atoms with Crippen LogP contribution in [0.4, 0.5) is 9.59 Å². The van der Waals surface area contributed by atoms with E-state index in [0.29, 0.717) is 0 Å². The maximum Gasteiger partial charge on any atom is 0.508 e. The summed E-state index contributed by atoms with van der Waals surface area (Å²) in [6, 6.07) is -0.862. The third-order valence-corrected chi connectivity index (χ3v) is 2.74. The van der Waals surface area contributed by atoms with Gasteiger partial charge in [-0.15, -0.1) is 0 Å². The number of nitrogens with two attached hydrogens (primary N) is 1. The van der Waals surface area contributed by atoms with E-state index < -0.39 is 35.9 Å². The highest BCUT2D eigenvalue weighted by Gasteiger charge is 2.42. The average Bonchev–Trinajstić information content (AvgIpc) is 2.71. The monoisotopic (exact) mass is 302 g/mol. The Balaban J connectivity index is 2.71. The molecule has 0 radical (unpaired) electrons. The molecule has 2 N–H and O–H groups in total. The molecule has 2 amide bonds. The van der Waals surface area contributed by atoms with E-state index >= 15 is 0 Å². The van der Waals surface area contributed by atoms with Crippen LogP contribution in [0, 0.1) is 0 Å². The zero-order valence-electron chi connectivity index (χ0n) is 12.8. The lowest BCUT2D eigenvalue weighted by Crippen LogP contribution is -2.45. The lowest BCUT2D eigenvalue weighted by Gasteiger charge is -2.26. The molecule has 8 heteroatoms. The Labute approximate surface area is 123 Å². The average molecular weight is 302 g/mol. The van der Waals surface area contributed by atoms with Crippen LogP contribution in [0.1, 0.15) is 34.1 Å². The first-order valence-corrected chi connectivity index (χ1v) is 6.76. The second-order valence-electron chi connectivity index (χ2n) is 5.71. The zero-order valence-corrected chi connectivity index (χ0v) is 12.8. The number of amides is 2. The van der Waals surface area contributed by atoms with Gasteiger partial charge in [0.05, 0.1) is 13.2 Å². The molecular weight excluding hydrogens is 280 g/mol. The van der Waals surface area contributed by atoms with Gasteiger partial charge in [-0.25, -0.2) is 9.59 Å². The summed E-state index contributed by atoms with van der Waals surface area (Å²) in [5.74, 6) is -0.671. The van der Waals surface area contributed by atoms with E-state index in [4.69, 9.17) is 15.2 Å². The van der Waals surface area contributed by atoms with Crippen LogP contribution < -0.4 is 5.73 Å². The first-order valence-electron chi connectivity index (χ1n) is 6.76. The first kappa shape index (κ1) is 17.1. The third kappa shape index (κ3) is 5.13. The van der Waals surface area contributed by atoms with E-state index in [0.717, 1.165) is 0 Å². The second-order valence-corrected chi connectivity index (χ2v) is 5.71. The lowest BCUT2D eigenvalue weighted by atomic mass is 10.2. The van der Waals surface area contributed by atoms with Crippen LogP contribution >= 0.6 is 0 Å². The van der Waals surface area contributed by atoms with Crippen molar-refractivity contribution in [2.75, 3.05) is 13.2 Å². The Morgan fingerprint density at radius 2 is 1.90 bits per heavy atom. The van der Waals surface area contributed by atoms with Gasteiger partial charge in [0.15, 0.2) is 0 Å². The number of carbonyl (C=O) groups excluding carboxylic acids is 3. The minimum atomic E-state index is -0.862. The van der Waals surface area contributed by atoms with Crippen LogP contribution in [-0.2, 0) is 19.0 Å². The number of hydrogen-bond acceptors (Lipinski definition) is 6. The molecule has 1 fully saturated rings. The summed E-state index contributed by atoms with van der Waals surface area (Å²) in [7, 11) is 0. The fourth-order valence-corrected chi connectivity index (χ4v) is 1.96. The lowest BCUT2D eigenvalue weighted by molar-refractivity contribution is -0.122. The number of likely N-dealkylation sites (tertiary alicyclic amines) is 1. The standard InChI is InChI=1S/C13H22N2O6/c1-5-19-12(18)20-8-6-9(10(14)16)15(7-8)11(17)21-13(2,3)4/h8-9H,5-7H2,1-4H3,(H2,14,16)/t8-,9+/m1/s1. The summed E-state index contributed by atoms with van der Waals surface area (Å²) in [4.78, 5) is 36.0. The van der Waals surface area contributed by atoms with Gasteiger partial charge in [-0.05, 0) is 27.7 Å². The van der Waals surface area contributed by atoms with E-state index in [9.17, 15) is 14.4 Å². The van der Waals surface area contributed by atoms with Gasteiger partial charge in [-0.2, -0.15) is 0 Å². The number of primary amides is 1. The Morgan fingerprint density at radius 3 is 2.38 bits per heavy atom. The fraction of sp³-hybridized carbons (Fsp3) is 0.769. The number of ether oxygens (including phenoxy) is 3. The van der Waals surface area contributed by atoms with Gasteiger partial charge in [0, 0.05) is 6.42 Å². The van der Waals surface area contributed by atoms with Gasteiger partial charge >= 0.3 is 12.2 Å². The molecule has 0 saturated carbocycles. The third-order valence-electron chi connectivity index (χ3n) is 2.74. The van der Waals surface area contributed by atoms with Crippen molar-refractivity contribution in [2.24, 2.45) is 5.73 Å². The molecule has 0 aromatic heterocycles. The Morgan fingerprint density at radius 1 is 1.29 bits per heavy atom. The highest BCUT2D eigenvalue weighted by atomic mass is 16.7. The van der Waals surface area contributed by atoms with Gasteiger partial charge in [0.1, 0.15) is 17.7 Å². The smallest absolute Gasteiger partial charge is 0.444 e. The molecule has 0 unspecified atom stereocenters. The quantitative estimate of drug-likeness (QED) is 0.780. The highest BCUT2D eigenvalue weighted by molar-refractivity contribution is 5.85. The van der Waals surface area contributed by atoms with Crippen molar-refractivity contribution in [1.82, 2.24) is 4.90 Å². The van der Waals surface area contributed by atoms with Crippen molar-refractivity contribution < 1.29 is 28.6 Å². The topological polar surface area (TPSA) is 108 Å². The van der Waals surface area contributed by atoms with Crippen LogP contribution in [0.2, 0.25) is 0 Å². The van der Waals surface area contributed by atoms with Crippen molar-refractivity contribution in [2.45, 2.75) is 51.9 Å². The minimum Gasteiger partial charge on any atom is -0.444 e.